The molecule has 0 heterocycles. The Morgan fingerprint density at radius 3 is 1.41 bits per heavy atom. The summed E-state index contributed by atoms with van der Waals surface area (Å²) < 4.78 is 33.4. The number of allylic oxidation sites excluding steroid dienone is 12. The number of aliphatic hydroxyl groups is 5. The number of phosphoric ester groups is 1. The molecule has 6 N–H and O–H groups in total. The number of esters is 2. The van der Waals surface area contributed by atoms with Gasteiger partial charge in [-0.05, 0) is 77.0 Å². The predicted molar refractivity (Wildman–Crippen MR) is 249 cm³/mol. The fourth-order valence-corrected chi connectivity index (χ4v) is 7.65. The zero-order valence-electron chi connectivity index (χ0n) is 38.3. The number of ether oxygens (including phenoxy) is 2. The van der Waals surface area contributed by atoms with Gasteiger partial charge in [-0.15, -0.1) is 0 Å². The summed E-state index contributed by atoms with van der Waals surface area (Å²) in [5, 5.41) is 50.2. The molecule has 1 aliphatic carbocycles. The Morgan fingerprint density at radius 1 is 0.492 bits per heavy atom. The molecule has 1 saturated carbocycles. The molecule has 0 amide bonds. The quantitative estimate of drug-likeness (QED) is 0.0148. The van der Waals surface area contributed by atoms with Gasteiger partial charge in [0.25, 0.3) is 0 Å². The van der Waals surface area contributed by atoms with Crippen molar-refractivity contribution in [1.29, 1.82) is 0 Å². The van der Waals surface area contributed by atoms with Gasteiger partial charge < -0.3 is 39.9 Å². The Balaban J connectivity index is 2.52. The summed E-state index contributed by atoms with van der Waals surface area (Å²) in [6.07, 6.45) is 35.3. The number of unbranched alkanes of at least 4 members (excludes halogenated alkanes) is 14. The van der Waals surface area contributed by atoms with Gasteiger partial charge in [0.2, 0.25) is 0 Å². The van der Waals surface area contributed by atoms with Crippen LogP contribution in [-0.4, -0.2) is 98.3 Å². The third-order valence-corrected chi connectivity index (χ3v) is 11.5. The van der Waals surface area contributed by atoms with Crippen LogP contribution in [0.25, 0.3) is 0 Å². The molecule has 0 spiro atoms. The Bertz CT molecular complexity index is 1380. The van der Waals surface area contributed by atoms with E-state index < -0.39 is 75.7 Å². The van der Waals surface area contributed by atoms with Crippen molar-refractivity contribution in [3.8, 4) is 0 Å². The highest BCUT2D eigenvalue weighted by Gasteiger charge is 2.51. The van der Waals surface area contributed by atoms with Gasteiger partial charge in [-0.3, -0.25) is 18.6 Å². The van der Waals surface area contributed by atoms with E-state index in [1.165, 1.54) is 57.8 Å². The molecule has 362 valence electrons. The maximum absolute atomic E-state index is 12.8. The highest BCUT2D eigenvalue weighted by Crippen LogP contribution is 2.47. The summed E-state index contributed by atoms with van der Waals surface area (Å²) in [6, 6.07) is 0. The van der Waals surface area contributed by atoms with Crippen molar-refractivity contribution in [2.45, 2.75) is 211 Å². The molecule has 0 aromatic carbocycles. The molecule has 0 saturated heterocycles. The van der Waals surface area contributed by atoms with Gasteiger partial charge in [-0.2, -0.15) is 0 Å². The molecule has 1 aliphatic rings. The van der Waals surface area contributed by atoms with Crippen LogP contribution in [0.5, 0.6) is 0 Å². The third-order valence-electron chi connectivity index (χ3n) is 10.5. The van der Waals surface area contributed by atoms with E-state index in [2.05, 4.69) is 68.5 Å². The maximum Gasteiger partial charge on any atom is 0.472 e. The second kappa shape index (κ2) is 38.5. The normalized spacial score (nSPS) is 22.3. The van der Waals surface area contributed by atoms with Gasteiger partial charge in [0.15, 0.2) is 6.10 Å². The Morgan fingerprint density at radius 2 is 0.889 bits per heavy atom. The lowest BCUT2D eigenvalue weighted by Gasteiger charge is -2.41. The van der Waals surface area contributed by atoms with Crippen molar-refractivity contribution in [1.82, 2.24) is 0 Å². The highest BCUT2D eigenvalue weighted by atomic mass is 31.2. The SMILES string of the molecule is CCCCC/C=C/C/C=C/C/C=C/C/C=C/C/C=C/CCC(=O)O[C@H](COC(=O)CCCCCCCCC/C=C/CCCCCC)COP(=O)(O)OC1C(O)C(O)C(O)[C@@H](O)C1O. The zero-order valence-corrected chi connectivity index (χ0v) is 39.2. The van der Waals surface area contributed by atoms with E-state index >= 15 is 0 Å². The van der Waals surface area contributed by atoms with Gasteiger partial charge in [-0.1, -0.05) is 151 Å². The van der Waals surface area contributed by atoms with Crippen LogP contribution in [0, 0.1) is 0 Å². The van der Waals surface area contributed by atoms with Gasteiger partial charge in [0, 0.05) is 12.8 Å². The minimum atomic E-state index is -5.14. The van der Waals surface area contributed by atoms with Crippen molar-refractivity contribution in [2.75, 3.05) is 13.2 Å². The largest absolute Gasteiger partial charge is 0.472 e. The van der Waals surface area contributed by atoms with Crippen molar-refractivity contribution in [2.24, 2.45) is 0 Å². The highest BCUT2D eigenvalue weighted by molar-refractivity contribution is 7.47. The number of phosphoric acid groups is 1. The summed E-state index contributed by atoms with van der Waals surface area (Å²) in [6.45, 7) is 3.19. The minimum Gasteiger partial charge on any atom is -0.462 e. The third kappa shape index (κ3) is 31.0. The van der Waals surface area contributed by atoms with Crippen molar-refractivity contribution in [3.05, 3.63) is 72.9 Å². The molecular formula is C49H83O13P. The summed E-state index contributed by atoms with van der Waals surface area (Å²) in [4.78, 5) is 35.7. The van der Waals surface area contributed by atoms with Crippen LogP contribution in [0.3, 0.4) is 0 Å². The number of carbonyl (C=O) groups is 2. The molecule has 63 heavy (non-hydrogen) atoms. The van der Waals surface area contributed by atoms with Crippen molar-refractivity contribution >= 4 is 19.8 Å². The number of aliphatic hydroxyl groups excluding tert-OH is 5. The van der Waals surface area contributed by atoms with Crippen LogP contribution in [-0.2, 0) is 32.7 Å². The fraction of sp³-hybridized carbons (Fsp3) is 0.714. The Hall–Kier alpha value is -2.71. The van der Waals surface area contributed by atoms with Crippen LogP contribution in [0.15, 0.2) is 72.9 Å². The molecular weight excluding hydrogens is 828 g/mol. The van der Waals surface area contributed by atoms with E-state index in [0.717, 1.165) is 64.2 Å². The number of hydrogen-bond acceptors (Lipinski definition) is 12. The number of carbonyl (C=O) groups excluding carboxylic acids is 2. The van der Waals surface area contributed by atoms with E-state index in [0.29, 0.717) is 19.3 Å². The van der Waals surface area contributed by atoms with Crippen LogP contribution in [0.1, 0.15) is 168 Å². The maximum atomic E-state index is 12.8. The van der Waals surface area contributed by atoms with Gasteiger partial charge in [0.1, 0.15) is 43.2 Å². The smallest absolute Gasteiger partial charge is 0.462 e. The first-order chi connectivity index (χ1) is 30.4. The number of hydrogen-bond donors (Lipinski definition) is 6. The second-order valence-corrected chi connectivity index (χ2v) is 17.7. The number of rotatable bonds is 38. The standard InChI is InChI=1S/C49H83O13P/c1-3-5-7-9-11-13-15-17-19-20-21-22-24-26-28-30-32-34-36-38-43(51)61-41(40-60-63(57,58)62-49-47(55)45(53)44(52)46(54)48(49)56)39-59-42(50)37-35-33-31-29-27-25-23-18-16-14-12-10-8-6-4-2/h11,13-14,16-17,19,21-22,26,28,32,34,41,44-49,52-56H,3-10,12,15,18,20,23-25,27,29-31,33,35-40H2,1-2H3,(H,57,58)/b13-11+,16-14+,19-17+,22-21+,28-26+,34-32+/t41-,44?,45-,46?,47?,48?,49?/m1/s1. The molecule has 14 heteroatoms. The van der Waals surface area contributed by atoms with Gasteiger partial charge in [-0.25, -0.2) is 4.57 Å². The molecule has 0 radical (unpaired) electrons. The van der Waals surface area contributed by atoms with E-state index in [9.17, 15) is 44.6 Å². The van der Waals surface area contributed by atoms with Crippen molar-refractivity contribution in [3.63, 3.8) is 0 Å². The van der Waals surface area contributed by atoms with E-state index in [1.807, 2.05) is 18.2 Å². The Labute approximate surface area is 378 Å². The first-order valence-corrected chi connectivity index (χ1v) is 25.2. The summed E-state index contributed by atoms with van der Waals surface area (Å²) >= 11 is 0. The molecule has 13 nitrogen and oxygen atoms in total. The molecule has 1 fully saturated rings. The lowest BCUT2D eigenvalue weighted by molar-refractivity contribution is -0.220. The molecule has 0 aliphatic heterocycles. The summed E-state index contributed by atoms with van der Waals surface area (Å²) in [5.41, 5.74) is 0. The van der Waals surface area contributed by atoms with E-state index in [4.69, 9.17) is 18.5 Å². The average Bonchev–Trinajstić information content (AvgIpc) is 3.26. The first-order valence-electron chi connectivity index (χ1n) is 23.7. The molecule has 0 aromatic heterocycles. The Kier molecular flexibility index (Phi) is 35.7. The fourth-order valence-electron chi connectivity index (χ4n) is 6.68. The minimum absolute atomic E-state index is 0.0305. The topological polar surface area (TPSA) is 210 Å². The predicted octanol–water partition coefficient (Wildman–Crippen LogP) is 9.50. The zero-order chi connectivity index (χ0) is 46.4. The first kappa shape index (κ1) is 58.3. The molecule has 8 atom stereocenters. The van der Waals surface area contributed by atoms with E-state index in [1.54, 1.807) is 0 Å². The van der Waals surface area contributed by atoms with Gasteiger partial charge in [0.05, 0.1) is 6.61 Å². The molecule has 1 rings (SSSR count). The monoisotopic (exact) mass is 911 g/mol. The molecule has 0 bridgehead atoms. The average molecular weight is 911 g/mol. The molecule has 0 aromatic rings. The van der Waals surface area contributed by atoms with Crippen LogP contribution >= 0.6 is 7.82 Å². The van der Waals surface area contributed by atoms with Crippen LogP contribution in [0.2, 0.25) is 0 Å². The van der Waals surface area contributed by atoms with Crippen molar-refractivity contribution < 1.29 is 63.1 Å². The van der Waals surface area contributed by atoms with Crippen LogP contribution in [0.4, 0.5) is 0 Å². The second-order valence-electron chi connectivity index (χ2n) is 16.3. The summed E-state index contributed by atoms with van der Waals surface area (Å²) in [5.74, 6) is -1.21. The van der Waals surface area contributed by atoms with E-state index in [-0.39, 0.29) is 12.8 Å². The lowest BCUT2D eigenvalue weighted by atomic mass is 9.85. The van der Waals surface area contributed by atoms with Gasteiger partial charge >= 0.3 is 19.8 Å². The molecule has 6 unspecified atom stereocenters. The lowest BCUT2D eigenvalue weighted by Crippen LogP contribution is -2.64. The van der Waals surface area contributed by atoms with Crippen LogP contribution < -0.4 is 0 Å². The summed E-state index contributed by atoms with van der Waals surface area (Å²) in [7, 11) is -5.14.